The molecule has 1 N–H and O–H groups in total. The Morgan fingerprint density at radius 1 is 1.46 bits per heavy atom. The Bertz CT molecular complexity index is 736. The summed E-state index contributed by atoms with van der Waals surface area (Å²) in [6.07, 6.45) is 1.03. The van der Waals surface area contributed by atoms with E-state index in [-0.39, 0.29) is 24.7 Å². The first-order valence-corrected chi connectivity index (χ1v) is 7.68. The van der Waals surface area contributed by atoms with E-state index in [4.69, 9.17) is 10.00 Å². The summed E-state index contributed by atoms with van der Waals surface area (Å²) >= 11 is 0. The van der Waals surface area contributed by atoms with Gasteiger partial charge in [-0.25, -0.2) is 9.07 Å². The van der Waals surface area contributed by atoms with Crippen molar-refractivity contribution in [2.75, 3.05) is 11.9 Å². The van der Waals surface area contributed by atoms with Crippen molar-refractivity contribution in [2.24, 2.45) is 0 Å². The maximum Gasteiger partial charge on any atom is 0.225 e. The first kappa shape index (κ1) is 17.5. The summed E-state index contributed by atoms with van der Waals surface area (Å²) in [5.41, 5.74) is 0.770. The Labute approximate surface area is 139 Å². The second-order valence-electron chi connectivity index (χ2n) is 5.23. The number of hydrogen-bond acceptors (Lipinski definition) is 4. The van der Waals surface area contributed by atoms with Gasteiger partial charge >= 0.3 is 0 Å². The number of nitrogens with one attached hydrogen (secondary N) is 1. The van der Waals surface area contributed by atoms with Crippen LogP contribution in [-0.4, -0.2) is 22.3 Å². The maximum absolute atomic E-state index is 13.4. The summed E-state index contributed by atoms with van der Waals surface area (Å²) in [4.78, 5) is 12.0. The fourth-order valence-electron chi connectivity index (χ4n) is 2.15. The van der Waals surface area contributed by atoms with E-state index in [0.29, 0.717) is 25.2 Å². The van der Waals surface area contributed by atoms with E-state index in [1.165, 1.54) is 6.07 Å². The molecule has 126 valence electrons. The summed E-state index contributed by atoms with van der Waals surface area (Å²) in [7, 11) is 0. The summed E-state index contributed by atoms with van der Waals surface area (Å²) in [5.74, 6) is 0.162. The molecule has 0 aliphatic carbocycles. The SMILES string of the molecule is Cc1cc(NC(=O)CCCOc2ccccc2F)n(CCC#N)n1. The monoisotopic (exact) mass is 330 g/mol. The number of carbonyl (C=O) groups is 1. The topological polar surface area (TPSA) is 79.9 Å². The van der Waals surface area contributed by atoms with Gasteiger partial charge in [0.15, 0.2) is 11.6 Å². The van der Waals surface area contributed by atoms with Gasteiger partial charge in [-0.1, -0.05) is 12.1 Å². The largest absolute Gasteiger partial charge is 0.491 e. The van der Waals surface area contributed by atoms with Crippen LogP contribution in [0.15, 0.2) is 30.3 Å². The fourth-order valence-corrected chi connectivity index (χ4v) is 2.15. The minimum absolute atomic E-state index is 0.176. The number of halogens is 1. The number of aryl methyl sites for hydroxylation is 2. The Kier molecular flexibility index (Phi) is 6.32. The average Bonchev–Trinajstić information content (AvgIpc) is 2.90. The lowest BCUT2D eigenvalue weighted by Gasteiger charge is -2.08. The quantitative estimate of drug-likeness (QED) is 0.754. The van der Waals surface area contributed by atoms with Crippen molar-refractivity contribution >= 4 is 11.7 Å². The molecular formula is C17H19FN4O2. The van der Waals surface area contributed by atoms with Crippen LogP contribution < -0.4 is 10.1 Å². The fraction of sp³-hybridized carbons (Fsp3) is 0.353. The Hall–Kier alpha value is -2.88. The molecule has 7 heteroatoms. The molecule has 6 nitrogen and oxygen atoms in total. The Balaban J connectivity index is 1.77. The third kappa shape index (κ3) is 5.09. The number of hydrogen-bond donors (Lipinski definition) is 1. The molecule has 2 aromatic rings. The van der Waals surface area contributed by atoms with E-state index < -0.39 is 5.82 Å². The van der Waals surface area contributed by atoms with E-state index in [0.717, 1.165) is 5.69 Å². The lowest BCUT2D eigenvalue weighted by atomic mass is 10.3. The summed E-state index contributed by atoms with van der Waals surface area (Å²) in [5, 5.41) is 15.6. The smallest absolute Gasteiger partial charge is 0.225 e. The first-order valence-electron chi connectivity index (χ1n) is 7.68. The molecule has 1 heterocycles. The van der Waals surface area contributed by atoms with Crippen LogP contribution in [0.25, 0.3) is 0 Å². The zero-order chi connectivity index (χ0) is 17.4. The average molecular weight is 330 g/mol. The van der Waals surface area contributed by atoms with Gasteiger partial charge in [-0.05, 0) is 25.5 Å². The molecule has 0 unspecified atom stereocenters. The van der Waals surface area contributed by atoms with Crippen molar-refractivity contribution in [2.45, 2.75) is 32.7 Å². The van der Waals surface area contributed by atoms with Gasteiger partial charge in [0.05, 0.1) is 31.3 Å². The number of para-hydroxylation sites is 1. The highest BCUT2D eigenvalue weighted by atomic mass is 19.1. The minimum atomic E-state index is -0.418. The number of amides is 1. The summed E-state index contributed by atoms with van der Waals surface area (Å²) in [6.45, 7) is 2.50. The molecule has 0 bridgehead atoms. The van der Waals surface area contributed by atoms with Crippen molar-refractivity contribution in [1.82, 2.24) is 9.78 Å². The number of ether oxygens (including phenoxy) is 1. The zero-order valence-corrected chi connectivity index (χ0v) is 13.5. The Morgan fingerprint density at radius 2 is 2.25 bits per heavy atom. The van der Waals surface area contributed by atoms with E-state index in [9.17, 15) is 9.18 Å². The third-order valence-corrected chi connectivity index (χ3v) is 3.25. The van der Waals surface area contributed by atoms with E-state index in [1.807, 2.05) is 13.0 Å². The van der Waals surface area contributed by atoms with Crippen LogP contribution in [0.3, 0.4) is 0 Å². The molecule has 24 heavy (non-hydrogen) atoms. The van der Waals surface area contributed by atoms with Gasteiger partial charge < -0.3 is 10.1 Å². The lowest BCUT2D eigenvalue weighted by Crippen LogP contribution is -2.16. The lowest BCUT2D eigenvalue weighted by molar-refractivity contribution is -0.116. The van der Waals surface area contributed by atoms with Crippen LogP contribution in [0, 0.1) is 24.1 Å². The highest BCUT2D eigenvalue weighted by molar-refractivity contribution is 5.89. The van der Waals surface area contributed by atoms with Crippen LogP contribution in [-0.2, 0) is 11.3 Å². The molecular weight excluding hydrogens is 311 g/mol. The zero-order valence-electron chi connectivity index (χ0n) is 13.5. The van der Waals surface area contributed by atoms with Crippen LogP contribution in [0.4, 0.5) is 10.2 Å². The number of nitrogens with zero attached hydrogens (tertiary/aromatic N) is 3. The van der Waals surface area contributed by atoms with Crippen LogP contribution in [0.5, 0.6) is 5.75 Å². The molecule has 1 amide bonds. The van der Waals surface area contributed by atoms with E-state index >= 15 is 0 Å². The summed E-state index contributed by atoms with van der Waals surface area (Å²) in [6, 6.07) is 9.96. The molecule has 1 aromatic heterocycles. The number of rotatable bonds is 8. The molecule has 0 aliphatic rings. The van der Waals surface area contributed by atoms with Crippen molar-refractivity contribution in [3.8, 4) is 11.8 Å². The molecule has 0 saturated heterocycles. The first-order chi connectivity index (χ1) is 11.6. The normalized spacial score (nSPS) is 10.2. The van der Waals surface area contributed by atoms with Crippen molar-refractivity contribution in [3.05, 3.63) is 41.8 Å². The molecule has 2 rings (SSSR count). The van der Waals surface area contributed by atoms with Gasteiger partial charge in [0, 0.05) is 12.5 Å². The van der Waals surface area contributed by atoms with E-state index in [2.05, 4.69) is 10.4 Å². The van der Waals surface area contributed by atoms with E-state index in [1.54, 1.807) is 28.9 Å². The maximum atomic E-state index is 13.4. The molecule has 0 spiro atoms. The third-order valence-electron chi connectivity index (χ3n) is 3.25. The molecule has 0 radical (unpaired) electrons. The van der Waals surface area contributed by atoms with Gasteiger partial charge in [0.25, 0.3) is 0 Å². The van der Waals surface area contributed by atoms with Gasteiger partial charge in [-0.2, -0.15) is 10.4 Å². The number of anilines is 1. The van der Waals surface area contributed by atoms with Gasteiger partial charge in [0.1, 0.15) is 5.82 Å². The van der Waals surface area contributed by atoms with Crippen molar-refractivity contribution in [1.29, 1.82) is 5.26 Å². The van der Waals surface area contributed by atoms with Gasteiger partial charge in [-0.3, -0.25) is 4.79 Å². The van der Waals surface area contributed by atoms with Crippen LogP contribution in [0.2, 0.25) is 0 Å². The molecule has 0 aliphatic heterocycles. The van der Waals surface area contributed by atoms with Crippen LogP contribution >= 0.6 is 0 Å². The Morgan fingerprint density at radius 3 is 3.00 bits per heavy atom. The molecule has 1 aromatic carbocycles. The predicted octanol–water partition coefficient (Wildman–Crippen LogP) is 3.04. The minimum Gasteiger partial charge on any atom is -0.491 e. The molecule has 0 atom stereocenters. The number of nitriles is 1. The summed E-state index contributed by atoms with van der Waals surface area (Å²) < 4.78 is 20.3. The molecule has 0 saturated carbocycles. The van der Waals surface area contributed by atoms with Gasteiger partial charge in [0.2, 0.25) is 5.91 Å². The second kappa shape index (κ2) is 8.67. The highest BCUT2D eigenvalue weighted by Crippen LogP contribution is 2.16. The van der Waals surface area contributed by atoms with Gasteiger partial charge in [-0.15, -0.1) is 0 Å². The number of benzene rings is 1. The van der Waals surface area contributed by atoms with Crippen molar-refractivity contribution < 1.29 is 13.9 Å². The molecule has 0 fully saturated rings. The van der Waals surface area contributed by atoms with Crippen molar-refractivity contribution in [3.63, 3.8) is 0 Å². The number of carbonyl (C=O) groups excluding carboxylic acids is 1. The van der Waals surface area contributed by atoms with Crippen LogP contribution in [0.1, 0.15) is 25.0 Å². The predicted molar refractivity (Wildman–Crippen MR) is 87.0 cm³/mol. The standard InChI is InChI=1S/C17H19FN4O2/c1-13-12-16(22(21-13)10-5-9-19)20-17(23)8-4-11-24-15-7-3-2-6-14(15)18/h2-3,6-7,12H,4-5,8,10-11H2,1H3,(H,20,23). The highest BCUT2D eigenvalue weighted by Gasteiger charge is 2.09. The second-order valence-corrected chi connectivity index (χ2v) is 5.23. The number of aromatic nitrogens is 2.